The van der Waals surface area contributed by atoms with Crippen LogP contribution in [-0.4, -0.2) is 30.6 Å². The Hall–Kier alpha value is -1.23. The van der Waals surface area contributed by atoms with E-state index in [1.165, 1.54) is 0 Å². The van der Waals surface area contributed by atoms with Gasteiger partial charge in [-0.1, -0.05) is 6.92 Å². The van der Waals surface area contributed by atoms with Gasteiger partial charge in [0.2, 0.25) is 0 Å². The molecular weight excluding hydrogens is 265 g/mol. The van der Waals surface area contributed by atoms with E-state index < -0.39 is 17.5 Å². The highest BCUT2D eigenvalue weighted by Crippen LogP contribution is 2.24. The van der Waals surface area contributed by atoms with E-state index in [4.69, 9.17) is 0 Å². The maximum Gasteiger partial charge on any atom is 0.161 e. The second-order valence-electron chi connectivity index (χ2n) is 5.47. The van der Waals surface area contributed by atoms with Gasteiger partial charge in [0.25, 0.3) is 0 Å². The highest BCUT2D eigenvalue weighted by molar-refractivity contribution is 5.46. The van der Waals surface area contributed by atoms with E-state index in [2.05, 4.69) is 17.1 Å². The number of nitrogens with zero attached hydrogens (tertiary/aromatic N) is 1. The van der Waals surface area contributed by atoms with Gasteiger partial charge >= 0.3 is 0 Å². The van der Waals surface area contributed by atoms with Crippen LogP contribution in [-0.2, 0) is 0 Å². The molecule has 1 aliphatic heterocycles. The van der Waals surface area contributed by atoms with Crippen molar-refractivity contribution < 1.29 is 13.2 Å². The molecule has 1 N–H and O–H groups in total. The quantitative estimate of drug-likeness (QED) is 0.850. The molecule has 0 bridgehead atoms. The second-order valence-corrected chi connectivity index (χ2v) is 5.47. The van der Waals surface area contributed by atoms with Crippen molar-refractivity contribution in [1.82, 2.24) is 4.90 Å². The third-order valence-corrected chi connectivity index (χ3v) is 4.09. The molecule has 1 saturated heterocycles. The van der Waals surface area contributed by atoms with E-state index >= 15 is 0 Å². The summed E-state index contributed by atoms with van der Waals surface area (Å²) in [7, 11) is 0. The lowest BCUT2D eigenvalue weighted by Crippen LogP contribution is -2.41. The van der Waals surface area contributed by atoms with E-state index in [0.717, 1.165) is 38.5 Å². The first kappa shape index (κ1) is 15.2. The zero-order valence-corrected chi connectivity index (χ0v) is 11.9. The van der Waals surface area contributed by atoms with E-state index in [1.54, 1.807) is 0 Å². The van der Waals surface area contributed by atoms with Gasteiger partial charge in [-0.25, -0.2) is 13.2 Å². The van der Waals surface area contributed by atoms with Crippen LogP contribution < -0.4 is 5.32 Å². The van der Waals surface area contributed by atoms with Crippen LogP contribution in [0.5, 0.6) is 0 Å². The van der Waals surface area contributed by atoms with Gasteiger partial charge in [-0.2, -0.15) is 0 Å². The van der Waals surface area contributed by atoms with Crippen molar-refractivity contribution in [2.45, 2.75) is 32.7 Å². The predicted octanol–water partition coefficient (Wildman–Crippen LogP) is 3.64. The third-order valence-electron chi connectivity index (χ3n) is 4.09. The standard InChI is InChI=1S/C15H21F3N2/c1-3-20-6-4-5-11(9-20)10(2)19-15-8-13(17)12(16)7-14(15)18/h7-8,10-11,19H,3-6,9H2,1-2H3. The number of hydrogen-bond acceptors (Lipinski definition) is 2. The highest BCUT2D eigenvalue weighted by Gasteiger charge is 2.24. The summed E-state index contributed by atoms with van der Waals surface area (Å²) < 4.78 is 39.7. The zero-order chi connectivity index (χ0) is 14.7. The Labute approximate surface area is 118 Å². The lowest BCUT2D eigenvalue weighted by atomic mass is 9.91. The molecule has 2 nitrogen and oxygen atoms in total. The number of halogens is 3. The maximum absolute atomic E-state index is 13.6. The van der Waals surface area contributed by atoms with Crippen molar-refractivity contribution in [1.29, 1.82) is 0 Å². The van der Waals surface area contributed by atoms with Gasteiger partial charge in [0.05, 0.1) is 5.69 Å². The Morgan fingerprint density at radius 3 is 2.65 bits per heavy atom. The van der Waals surface area contributed by atoms with Crippen molar-refractivity contribution in [3.8, 4) is 0 Å². The highest BCUT2D eigenvalue weighted by atomic mass is 19.2. The number of likely N-dealkylation sites (tertiary alicyclic amines) is 1. The largest absolute Gasteiger partial charge is 0.380 e. The Bertz CT molecular complexity index is 465. The molecule has 2 atom stereocenters. The summed E-state index contributed by atoms with van der Waals surface area (Å²) in [5, 5.41) is 2.98. The fraction of sp³-hybridized carbons (Fsp3) is 0.600. The monoisotopic (exact) mass is 286 g/mol. The summed E-state index contributed by atoms with van der Waals surface area (Å²) in [6, 6.07) is 1.49. The number of anilines is 1. The number of piperidine rings is 1. The summed E-state index contributed by atoms with van der Waals surface area (Å²) in [6.45, 7) is 7.14. The van der Waals surface area contributed by atoms with Crippen LogP contribution in [0, 0.1) is 23.4 Å². The number of benzene rings is 1. The van der Waals surface area contributed by atoms with Crippen LogP contribution in [0.3, 0.4) is 0 Å². The molecule has 1 aliphatic rings. The maximum atomic E-state index is 13.6. The second kappa shape index (κ2) is 6.48. The molecule has 1 fully saturated rings. The molecule has 0 radical (unpaired) electrons. The molecule has 0 aromatic heterocycles. The molecule has 0 aliphatic carbocycles. The van der Waals surface area contributed by atoms with Crippen molar-refractivity contribution in [2.24, 2.45) is 5.92 Å². The first-order valence-electron chi connectivity index (χ1n) is 7.14. The molecule has 0 spiro atoms. The Balaban J connectivity index is 2.04. The summed E-state index contributed by atoms with van der Waals surface area (Å²) in [4.78, 5) is 2.36. The summed E-state index contributed by atoms with van der Waals surface area (Å²) >= 11 is 0. The van der Waals surface area contributed by atoms with Gasteiger partial charge in [0, 0.05) is 24.7 Å². The number of nitrogens with one attached hydrogen (secondary N) is 1. The van der Waals surface area contributed by atoms with Crippen LogP contribution in [0.2, 0.25) is 0 Å². The Kier molecular flexibility index (Phi) is 4.91. The number of hydrogen-bond donors (Lipinski definition) is 1. The van der Waals surface area contributed by atoms with Crippen LogP contribution in [0.15, 0.2) is 12.1 Å². The minimum absolute atomic E-state index is 0.0173. The van der Waals surface area contributed by atoms with E-state index in [1.807, 2.05) is 6.92 Å². The summed E-state index contributed by atoms with van der Waals surface area (Å²) in [5.74, 6) is -2.55. The van der Waals surface area contributed by atoms with Gasteiger partial charge < -0.3 is 10.2 Å². The van der Waals surface area contributed by atoms with Crippen molar-refractivity contribution in [2.75, 3.05) is 25.0 Å². The molecular formula is C15H21F3N2. The van der Waals surface area contributed by atoms with E-state index in [9.17, 15) is 13.2 Å². The van der Waals surface area contributed by atoms with Gasteiger partial charge in [-0.05, 0) is 38.8 Å². The molecule has 20 heavy (non-hydrogen) atoms. The van der Waals surface area contributed by atoms with Crippen molar-refractivity contribution in [3.63, 3.8) is 0 Å². The first-order valence-corrected chi connectivity index (χ1v) is 7.14. The predicted molar refractivity (Wildman–Crippen MR) is 74.2 cm³/mol. The Morgan fingerprint density at radius 2 is 1.95 bits per heavy atom. The van der Waals surface area contributed by atoms with Gasteiger partial charge in [-0.3, -0.25) is 0 Å². The molecule has 2 unspecified atom stereocenters. The number of rotatable bonds is 4. The van der Waals surface area contributed by atoms with Crippen molar-refractivity contribution in [3.05, 3.63) is 29.6 Å². The van der Waals surface area contributed by atoms with Crippen LogP contribution in [0.4, 0.5) is 18.9 Å². The molecule has 1 heterocycles. The van der Waals surface area contributed by atoms with Gasteiger partial charge in [0.1, 0.15) is 5.82 Å². The van der Waals surface area contributed by atoms with Gasteiger partial charge in [-0.15, -0.1) is 0 Å². The lowest BCUT2D eigenvalue weighted by molar-refractivity contribution is 0.172. The summed E-state index contributed by atoms with van der Waals surface area (Å²) in [6.07, 6.45) is 2.18. The van der Waals surface area contributed by atoms with Crippen LogP contribution in [0.25, 0.3) is 0 Å². The Morgan fingerprint density at radius 1 is 1.25 bits per heavy atom. The third kappa shape index (κ3) is 3.45. The first-order chi connectivity index (χ1) is 9.51. The average molecular weight is 286 g/mol. The lowest BCUT2D eigenvalue weighted by Gasteiger charge is -2.35. The molecule has 1 aromatic carbocycles. The molecule has 1 aromatic rings. The fourth-order valence-corrected chi connectivity index (χ4v) is 2.78. The minimum Gasteiger partial charge on any atom is -0.380 e. The SMILES string of the molecule is CCN1CCCC(C(C)Nc2cc(F)c(F)cc2F)C1. The van der Waals surface area contributed by atoms with Crippen LogP contribution >= 0.6 is 0 Å². The van der Waals surface area contributed by atoms with E-state index in [0.29, 0.717) is 12.0 Å². The summed E-state index contributed by atoms with van der Waals surface area (Å²) in [5.41, 5.74) is 0.0324. The smallest absolute Gasteiger partial charge is 0.161 e. The van der Waals surface area contributed by atoms with Gasteiger partial charge in [0.15, 0.2) is 11.6 Å². The molecule has 112 valence electrons. The molecule has 5 heteroatoms. The normalized spacial score (nSPS) is 21.8. The fourth-order valence-electron chi connectivity index (χ4n) is 2.78. The van der Waals surface area contributed by atoms with Crippen LogP contribution in [0.1, 0.15) is 26.7 Å². The molecule has 0 amide bonds. The molecule has 2 rings (SSSR count). The topological polar surface area (TPSA) is 15.3 Å². The van der Waals surface area contributed by atoms with Crippen molar-refractivity contribution >= 4 is 5.69 Å². The molecule has 0 saturated carbocycles. The minimum atomic E-state index is -1.16. The zero-order valence-electron chi connectivity index (χ0n) is 11.9. The average Bonchev–Trinajstić information content (AvgIpc) is 2.44. The van der Waals surface area contributed by atoms with E-state index in [-0.39, 0.29) is 11.7 Å².